The summed E-state index contributed by atoms with van der Waals surface area (Å²) >= 11 is 1.35. The number of hydrogen-bond acceptors (Lipinski definition) is 6. The number of hydrogen-bond donors (Lipinski definition) is 1. The third-order valence-electron chi connectivity index (χ3n) is 4.48. The summed E-state index contributed by atoms with van der Waals surface area (Å²) in [7, 11) is -3.62. The molecule has 0 radical (unpaired) electrons. The number of thiophene rings is 1. The van der Waals surface area contributed by atoms with Crippen molar-refractivity contribution in [3.63, 3.8) is 0 Å². The van der Waals surface area contributed by atoms with Crippen molar-refractivity contribution in [2.45, 2.75) is 38.4 Å². The molecule has 1 aromatic heterocycles. The van der Waals surface area contributed by atoms with E-state index in [0.29, 0.717) is 16.1 Å². The van der Waals surface area contributed by atoms with E-state index in [0.717, 1.165) is 36.1 Å². The normalized spacial score (nSPS) is 13.6. The summed E-state index contributed by atoms with van der Waals surface area (Å²) in [5.74, 6) is -1.94. The van der Waals surface area contributed by atoms with Crippen molar-refractivity contribution in [3.05, 3.63) is 51.9 Å². The van der Waals surface area contributed by atoms with Gasteiger partial charge in [-0.1, -0.05) is 30.3 Å². The van der Waals surface area contributed by atoms with E-state index in [9.17, 15) is 18.0 Å². The van der Waals surface area contributed by atoms with E-state index in [1.807, 2.05) is 0 Å². The van der Waals surface area contributed by atoms with Crippen LogP contribution in [0, 0.1) is 0 Å². The number of amides is 1. The average molecular weight is 422 g/mol. The van der Waals surface area contributed by atoms with Gasteiger partial charge in [0.25, 0.3) is 0 Å². The average Bonchev–Trinajstić information content (AvgIpc) is 2.99. The smallest absolute Gasteiger partial charge is 0.341 e. The highest BCUT2D eigenvalue weighted by molar-refractivity contribution is 7.91. The number of nitrogens with one attached hydrogen (secondary N) is 1. The summed E-state index contributed by atoms with van der Waals surface area (Å²) < 4.78 is 29.9. The van der Waals surface area contributed by atoms with Crippen LogP contribution in [0.5, 0.6) is 0 Å². The van der Waals surface area contributed by atoms with Crippen LogP contribution in [0.1, 0.15) is 46.1 Å². The first kappa shape index (κ1) is 20.5. The third kappa shape index (κ3) is 4.99. The molecular weight excluding hydrogens is 398 g/mol. The van der Waals surface area contributed by atoms with Crippen molar-refractivity contribution in [2.75, 3.05) is 17.7 Å². The fraction of sp³-hybridized carbons (Fsp3) is 0.400. The maximum Gasteiger partial charge on any atom is 0.341 e. The van der Waals surface area contributed by atoms with Gasteiger partial charge in [-0.15, -0.1) is 11.3 Å². The summed E-state index contributed by atoms with van der Waals surface area (Å²) in [6, 6.07) is 8.74. The number of aryl methyl sites for hydroxylation is 1. The zero-order valence-electron chi connectivity index (χ0n) is 15.7. The Bertz CT molecular complexity index is 964. The molecule has 28 heavy (non-hydrogen) atoms. The van der Waals surface area contributed by atoms with E-state index in [-0.39, 0.29) is 12.4 Å². The second kappa shape index (κ2) is 8.87. The molecule has 1 N–H and O–H groups in total. The molecule has 0 bridgehead atoms. The number of carbonyl (C=O) groups is 2. The lowest BCUT2D eigenvalue weighted by molar-refractivity contribution is -0.113. The zero-order chi connectivity index (χ0) is 20.1. The first-order chi connectivity index (χ1) is 13.4. The van der Waals surface area contributed by atoms with Crippen molar-refractivity contribution in [1.82, 2.24) is 0 Å². The van der Waals surface area contributed by atoms with Crippen LogP contribution in [0.3, 0.4) is 0 Å². The lowest BCUT2D eigenvalue weighted by atomic mass is 9.95. The lowest BCUT2D eigenvalue weighted by Gasteiger charge is -2.12. The minimum atomic E-state index is -3.62. The molecule has 0 unspecified atom stereocenters. The summed E-state index contributed by atoms with van der Waals surface area (Å²) in [5.41, 5.74) is 1.95. The highest BCUT2D eigenvalue weighted by Crippen LogP contribution is 2.38. The van der Waals surface area contributed by atoms with Gasteiger partial charge in [-0.3, -0.25) is 4.79 Å². The van der Waals surface area contributed by atoms with Crippen LogP contribution in [-0.2, 0) is 38.0 Å². The van der Waals surface area contributed by atoms with Crippen LogP contribution in [0.4, 0.5) is 5.00 Å². The van der Waals surface area contributed by atoms with Crippen LogP contribution in [-0.4, -0.2) is 32.7 Å². The van der Waals surface area contributed by atoms with Crippen LogP contribution in [0.25, 0.3) is 0 Å². The highest BCUT2D eigenvalue weighted by atomic mass is 32.2. The summed E-state index contributed by atoms with van der Waals surface area (Å²) in [4.78, 5) is 25.9. The van der Waals surface area contributed by atoms with Crippen molar-refractivity contribution in [2.24, 2.45) is 0 Å². The Balaban J connectivity index is 1.76. The molecule has 0 atom stereocenters. The third-order valence-corrected chi connectivity index (χ3v) is 7.17. The minimum Gasteiger partial charge on any atom is -0.462 e. The van der Waals surface area contributed by atoms with E-state index in [1.54, 1.807) is 37.3 Å². The molecule has 1 amide bonds. The molecule has 3 rings (SSSR count). The molecule has 1 aliphatic carbocycles. The quantitative estimate of drug-likeness (QED) is 0.693. The molecular formula is C20H23NO5S2. The monoisotopic (exact) mass is 421 g/mol. The number of benzene rings is 1. The van der Waals surface area contributed by atoms with E-state index in [2.05, 4.69) is 5.32 Å². The summed E-state index contributed by atoms with van der Waals surface area (Å²) in [6.45, 7) is 1.97. The Labute approximate surface area is 168 Å². The summed E-state index contributed by atoms with van der Waals surface area (Å²) in [6.07, 6.45) is 3.64. The first-order valence-electron chi connectivity index (χ1n) is 9.25. The Morgan fingerprint density at radius 1 is 1.14 bits per heavy atom. The number of fused-ring (bicyclic) bond motifs is 1. The van der Waals surface area contributed by atoms with Crippen LogP contribution >= 0.6 is 11.3 Å². The Kier molecular flexibility index (Phi) is 6.51. The van der Waals surface area contributed by atoms with Gasteiger partial charge >= 0.3 is 5.97 Å². The van der Waals surface area contributed by atoms with Crippen molar-refractivity contribution >= 4 is 38.1 Å². The predicted octanol–water partition coefficient (Wildman–Crippen LogP) is 3.36. The van der Waals surface area contributed by atoms with Gasteiger partial charge in [-0.05, 0) is 43.7 Å². The Hall–Kier alpha value is -2.19. The van der Waals surface area contributed by atoms with E-state index < -0.39 is 27.5 Å². The predicted molar refractivity (Wildman–Crippen MR) is 109 cm³/mol. The van der Waals surface area contributed by atoms with E-state index in [4.69, 9.17) is 4.74 Å². The van der Waals surface area contributed by atoms with Crippen molar-refractivity contribution < 1.29 is 22.7 Å². The Morgan fingerprint density at radius 2 is 1.86 bits per heavy atom. The van der Waals surface area contributed by atoms with Gasteiger partial charge in [-0.2, -0.15) is 0 Å². The van der Waals surface area contributed by atoms with Gasteiger partial charge in [0, 0.05) is 4.88 Å². The molecule has 1 aromatic carbocycles. The second-order valence-electron chi connectivity index (χ2n) is 6.70. The molecule has 2 aromatic rings. The number of anilines is 1. The van der Waals surface area contributed by atoms with Crippen LogP contribution < -0.4 is 5.32 Å². The molecule has 1 heterocycles. The minimum absolute atomic E-state index is 0.201. The van der Waals surface area contributed by atoms with Gasteiger partial charge in [-0.25, -0.2) is 13.2 Å². The number of esters is 1. The van der Waals surface area contributed by atoms with E-state index >= 15 is 0 Å². The number of sulfone groups is 1. The highest BCUT2D eigenvalue weighted by Gasteiger charge is 2.28. The zero-order valence-corrected chi connectivity index (χ0v) is 17.3. The van der Waals surface area contributed by atoms with Crippen LogP contribution in [0.2, 0.25) is 0 Å². The standard InChI is InChI=1S/C20H23NO5S2/c1-2-26-20(23)18-15-10-6-7-11-16(15)27-19(18)21-17(22)13-28(24,25)12-14-8-4-3-5-9-14/h3-5,8-9H,2,6-7,10-13H2,1H3,(H,21,22). The maximum absolute atomic E-state index is 12.4. The number of ether oxygens (including phenoxy) is 1. The SMILES string of the molecule is CCOC(=O)c1c(NC(=O)CS(=O)(=O)Cc2ccccc2)sc2c1CCCC2. The molecule has 0 aliphatic heterocycles. The van der Waals surface area contributed by atoms with Crippen molar-refractivity contribution in [3.8, 4) is 0 Å². The van der Waals surface area contributed by atoms with Gasteiger partial charge in [0.1, 0.15) is 10.8 Å². The largest absolute Gasteiger partial charge is 0.462 e. The number of rotatable bonds is 7. The second-order valence-corrected chi connectivity index (χ2v) is 9.87. The molecule has 1 aliphatic rings. The van der Waals surface area contributed by atoms with Gasteiger partial charge < -0.3 is 10.1 Å². The molecule has 6 nitrogen and oxygen atoms in total. The topological polar surface area (TPSA) is 89.5 Å². The number of carbonyl (C=O) groups excluding carboxylic acids is 2. The van der Waals surface area contributed by atoms with Gasteiger partial charge in [0.05, 0.1) is 17.9 Å². The van der Waals surface area contributed by atoms with Crippen LogP contribution in [0.15, 0.2) is 30.3 Å². The molecule has 0 spiro atoms. The van der Waals surface area contributed by atoms with Gasteiger partial charge in [0.15, 0.2) is 9.84 Å². The van der Waals surface area contributed by atoms with Gasteiger partial charge in [0.2, 0.25) is 5.91 Å². The fourth-order valence-electron chi connectivity index (χ4n) is 3.31. The summed E-state index contributed by atoms with van der Waals surface area (Å²) in [5, 5.41) is 3.04. The lowest BCUT2D eigenvalue weighted by Crippen LogP contribution is -2.24. The van der Waals surface area contributed by atoms with E-state index in [1.165, 1.54) is 11.3 Å². The maximum atomic E-state index is 12.4. The Morgan fingerprint density at radius 3 is 2.57 bits per heavy atom. The molecule has 8 heteroatoms. The molecule has 0 fully saturated rings. The first-order valence-corrected chi connectivity index (χ1v) is 11.9. The fourth-order valence-corrected chi connectivity index (χ4v) is 5.88. The molecule has 0 saturated heterocycles. The van der Waals surface area contributed by atoms with Crippen molar-refractivity contribution in [1.29, 1.82) is 0 Å². The molecule has 0 saturated carbocycles. The molecule has 150 valence electrons.